The number of carboxylic acid groups (broad SMARTS) is 1. The monoisotopic (exact) mass is 334 g/mol. The molecule has 0 aliphatic carbocycles. The molecule has 0 bridgehead atoms. The van der Waals surface area contributed by atoms with Gasteiger partial charge in [0.1, 0.15) is 18.0 Å². The molecular formula is C19H18N4O2. The molecule has 3 N–H and O–H groups in total. The van der Waals surface area contributed by atoms with E-state index >= 15 is 0 Å². The molecule has 0 amide bonds. The molecule has 0 radical (unpaired) electrons. The zero-order valence-electron chi connectivity index (χ0n) is 13.7. The molecule has 25 heavy (non-hydrogen) atoms. The van der Waals surface area contributed by atoms with Crippen LogP contribution in [0.1, 0.15) is 22.8 Å². The summed E-state index contributed by atoms with van der Waals surface area (Å²) in [6.45, 7) is 2.11. The van der Waals surface area contributed by atoms with E-state index in [1.54, 1.807) is 30.3 Å². The minimum atomic E-state index is -0.949. The number of anilines is 4. The van der Waals surface area contributed by atoms with Crippen LogP contribution in [0.25, 0.3) is 0 Å². The average Bonchev–Trinajstić information content (AvgIpc) is 2.63. The van der Waals surface area contributed by atoms with Gasteiger partial charge in [-0.2, -0.15) is 0 Å². The van der Waals surface area contributed by atoms with Gasteiger partial charge in [-0.25, -0.2) is 14.8 Å². The van der Waals surface area contributed by atoms with E-state index < -0.39 is 5.97 Å². The highest BCUT2D eigenvalue weighted by atomic mass is 16.4. The highest BCUT2D eigenvalue weighted by Gasteiger charge is 2.05. The van der Waals surface area contributed by atoms with E-state index in [0.717, 1.165) is 17.8 Å². The predicted octanol–water partition coefficient (Wildman–Crippen LogP) is 4.22. The summed E-state index contributed by atoms with van der Waals surface area (Å²) in [5.41, 5.74) is 3.22. The largest absolute Gasteiger partial charge is 0.478 e. The van der Waals surface area contributed by atoms with Crippen molar-refractivity contribution < 1.29 is 9.90 Å². The molecular weight excluding hydrogens is 316 g/mol. The lowest BCUT2D eigenvalue weighted by molar-refractivity contribution is 0.0697. The quantitative estimate of drug-likeness (QED) is 0.625. The highest BCUT2D eigenvalue weighted by Crippen LogP contribution is 2.22. The van der Waals surface area contributed by atoms with E-state index in [4.69, 9.17) is 5.11 Å². The van der Waals surface area contributed by atoms with Crippen molar-refractivity contribution in [1.29, 1.82) is 0 Å². The van der Waals surface area contributed by atoms with Crippen LogP contribution in [0.4, 0.5) is 23.0 Å². The fourth-order valence-electron chi connectivity index (χ4n) is 2.43. The molecule has 0 aliphatic heterocycles. The van der Waals surface area contributed by atoms with Crippen LogP contribution in [0.15, 0.2) is 60.9 Å². The molecule has 0 fully saturated rings. The second-order valence-corrected chi connectivity index (χ2v) is 5.43. The van der Waals surface area contributed by atoms with E-state index in [1.165, 1.54) is 11.9 Å². The Morgan fingerprint density at radius 1 is 1.00 bits per heavy atom. The van der Waals surface area contributed by atoms with Gasteiger partial charge in [0, 0.05) is 17.4 Å². The van der Waals surface area contributed by atoms with E-state index in [0.29, 0.717) is 11.6 Å². The number of nitrogens with zero attached hydrogens (tertiary/aromatic N) is 2. The number of rotatable bonds is 6. The minimum Gasteiger partial charge on any atom is -0.478 e. The number of aromatic carboxylic acids is 1. The molecule has 0 saturated carbocycles. The fraction of sp³-hybridized carbons (Fsp3) is 0.105. The number of carbonyl (C=O) groups is 1. The lowest BCUT2D eigenvalue weighted by Gasteiger charge is -2.11. The van der Waals surface area contributed by atoms with Crippen molar-refractivity contribution in [1.82, 2.24) is 9.97 Å². The van der Waals surface area contributed by atoms with Crippen LogP contribution < -0.4 is 10.6 Å². The molecule has 0 atom stereocenters. The van der Waals surface area contributed by atoms with Crippen LogP contribution in [0.2, 0.25) is 0 Å². The van der Waals surface area contributed by atoms with Gasteiger partial charge in [-0.05, 0) is 42.3 Å². The first-order valence-electron chi connectivity index (χ1n) is 7.93. The molecule has 1 heterocycles. The maximum absolute atomic E-state index is 10.9. The average molecular weight is 334 g/mol. The summed E-state index contributed by atoms with van der Waals surface area (Å²) in [6.07, 6.45) is 2.40. The van der Waals surface area contributed by atoms with Crippen molar-refractivity contribution in [2.75, 3.05) is 10.6 Å². The third kappa shape index (κ3) is 4.11. The second-order valence-electron chi connectivity index (χ2n) is 5.43. The molecule has 0 saturated heterocycles. The molecule has 6 nitrogen and oxygen atoms in total. The zero-order valence-corrected chi connectivity index (χ0v) is 13.7. The second kappa shape index (κ2) is 7.44. The summed E-state index contributed by atoms with van der Waals surface area (Å²) in [4.78, 5) is 19.3. The molecule has 3 aromatic rings. The Balaban J connectivity index is 1.76. The number of carboxylic acids is 1. The topological polar surface area (TPSA) is 87.1 Å². The van der Waals surface area contributed by atoms with Gasteiger partial charge in [-0.3, -0.25) is 0 Å². The van der Waals surface area contributed by atoms with Crippen molar-refractivity contribution >= 4 is 29.0 Å². The normalized spacial score (nSPS) is 10.3. The van der Waals surface area contributed by atoms with Crippen LogP contribution in [-0.4, -0.2) is 21.0 Å². The number of aryl methyl sites for hydroxylation is 1. The lowest BCUT2D eigenvalue weighted by Crippen LogP contribution is -2.01. The van der Waals surface area contributed by atoms with E-state index in [1.807, 2.05) is 18.2 Å². The Morgan fingerprint density at radius 3 is 2.36 bits per heavy atom. The number of nitrogens with one attached hydrogen (secondary N) is 2. The smallest absolute Gasteiger partial charge is 0.335 e. The van der Waals surface area contributed by atoms with Crippen LogP contribution in [0.5, 0.6) is 0 Å². The summed E-state index contributed by atoms with van der Waals surface area (Å²) >= 11 is 0. The first-order valence-corrected chi connectivity index (χ1v) is 7.93. The Kier molecular flexibility index (Phi) is 4.89. The Morgan fingerprint density at radius 2 is 1.68 bits per heavy atom. The number of para-hydroxylation sites is 1. The number of benzene rings is 2. The van der Waals surface area contributed by atoms with Crippen LogP contribution in [0.3, 0.4) is 0 Å². The summed E-state index contributed by atoms with van der Waals surface area (Å²) in [7, 11) is 0. The maximum Gasteiger partial charge on any atom is 0.335 e. The van der Waals surface area contributed by atoms with Crippen LogP contribution in [0, 0.1) is 0 Å². The number of hydrogen-bond acceptors (Lipinski definition) is 5. The van der Waals surface area contributed by atoms with E-state index in [-0.39, 0.29) is 5.56 Å². The third-order valence-corrected chi connectivity index (χ3v) is 3.73. The number of hydrogen-bond donors (Lipinski definition) is 3. The summed E-state index contributed by atoms with van der Waals surface area (Å²) in [5.74, 6) is 0.352. The zero-order chi connectivity index (χ0) is 17.6. The fourth-order valence-corrected chi connectivity index (χ4v) is 2.43. The van der Waals surface area contributed by atoms with Gasteiger partial charge in [0.2, 0.25) is 0 Å². The van der Waals surface area contributed by atoms with Gasteiger partial charge in [-0.15, -0.1) is 0 Å². The van der Waals surface area contributed by atoms with Gasteiger partial charge in [0.15, 0.2) is 0 Å². The van der Waals surface area contributed by atoms with Crippen molar-refractivity contribution in [2.24, 2.45) is 0 Å². The Labute approximate surface area is 145 Å². The maximum atomic E-state index is 10.9. The third-order valence-electron chi connectivity index (χ3n) is 3.73. The van der Waals surface area contributed by atoms with Crippen molar-refractivity contribution in [2.45, 2.75) is 13.3 Å². The first kappa shape index (κ1) is 16.4. The van der Waals surface area contributed by atoms with Gasteiger partial charge in [-0.1, -0.05) is 25.1 Å². The van der Waals surface area contributed by atoms with E-state index in [2.05, 4.69) is 33.6 Å². The van der Waals surface area contributed by atoms with Gasteiger partial charge < -0.3 is 15.7 Å². The molecule has 0 aliphatic rings. The molecule has 3 rings (SSSR count). The molecule has 1 aromatic heterocycles. The van der Waals surface area contributed by atoms with Crippen molar-refractivity contribution in [3.05, 3.63) is 72.1 Å². The molecule has 0 unspecified atom stereocenters. The number of aromatic nitrogens is 2. The summed E-state index contributed by atoms with van der Waals surface area (Å²) in [5, 5.41) is 15.4. The van der Waals surface area contributed by atoms with Gasteiger partial charge >= 0.3 is 5.97 Å². The molecule has 126 valence electrons. The SMILES string of the molecule is CCc1ccccc1Nc1cc(Nc2ccc(C(=O)O)cc2)ncn1. The van der Waals surface area contributed by atoms with E-state index in [9.17, 15) is 4.79 Å². The standard InChI is InChI=1S/C19H18N4O2/c1-2-13-5-3-4-6-16(13)23-18-11-17(20-12-21-18)22-15-9-7-14(8-10-15)19(24)25/h3-12H,2H2,1H3,(H,24,25)(H2,20,21,22,23). The highest BCUT2D eigenvalue weighted by molar-refractivity contribution is 5.88. The van der Waals surface area contributed by atoms with Crippen molar-refractivity contribution in [3.8, 4) is 0 Å². The lowest BCUT2D eigenvalue weighted by atomic mass is 10.1. The molecule has 2 aromatic carbocycles. The molecule has 6 heteroatoms. The van der Waals surface area contributed by atoms with Crippen LogP contribution in [-0.2, 0) is 6.42 Å². The van der Waals surface area contributed by atoms with Gasteiger partial charge in [0.25, 0.3) is 0 Å². The predicted molar refractivity (Wildman–Crippen MR) is 97.8 cm³/mol. The summed E-state index contributed by atoms with van der Waals surface area (Å²) < 4.78 is 0. The van der Waals surface area contributed by atoms with Crippen LogP contribution >= 0.6 is 0 Å². The van der Waals surface area contributed by atoms with Gasteiger partial charge in [0.05, 0.1) is 5.56 Å². The molecule has 0 spiro atoms. The Bertz CT molecular complexity index is 879. The van der Waals surface area contributed by atoms with Crippen molar-refractivity contribution in [3.63, 3.8) is 0 Å². The minimum absolute atomic E-state index is 0.242. The summed E-state index contributed by atoms with van der Waals surface area (Å²) in [6, 6.07) is 16.4. The first-order chi connectivity index (χ1) is 12.2. The Hall–Kier alpha value is -3.41.